The van der Waals surface area contributed by atoms with Crippen molar-refractivity contribution < 1.29 is 19.0 Å². The molecular weight excluding hydrogens is 232 g/mol. The average Bonchev–Trinajstić information content (AvgIpc) is 2.80. The smallest absolute Gasteiger partial charge is 0.309 e. The van der Waals surface area contributed by atoms with E-state index in [4.69, 9.17) is 14.2 Å². The number of benzene rings is 1. The molecule has 4 heteroatoms. The van der Waals surface area contributed by atoms with Crippen LogP contribution in [-0.4, -0.2) is 26.8 Å². The standard InChI is InChI=1S/C14H18O4/c1-4-18-14(15)11-5-9-7-12(16-2)13(17-3)8-10(9)6-11/h7-8,11H,4-6H2,1-3H3. The van der Waals surface area contributed by atoms with Crippen molar-refractivity contribution in [2.45, 2.75) is 19.8 Å². The van der Waals surface area contributed by atoms with E-state index in [2.05, 4.69) is 0 Å². The SMILES string of the molecule is CCOC(=O)C1Cc2cc(OC)c(OC)cc2C1. The zero-order valence-electron chi connectivity index (χ0n) is 11.0. The molecule has 0 radical (unpaired) electrons. The van der Waals surface area contributed by atoms with E-state index >= 15 is 0 Å². The fraction of sp³-hybridized carbons (Fsp3) is 0.500. The molecule has 0 bridgehead atoms. The van der Waals surface area contributed by atoms with E-state index in [1.165, 1.54) is 0 Å². The van der Waals surface area contributed by atoms with Crippen LogP contribution < -0.4 is 9.47 Å². The Balaban J connectivity index is 2.21. The van der Waals surface area contributed by atoms with Gasteiger partial charge < -0.3 is 14.2 Å². The molecule has 18 heavy (non-hydrogen) atoms. The van der Waals surface area contributed by atoms with Crippen molar-refractivity contribution in [1.29, 1.82) is 0 Å². The lowest BCUT2D eigenvalue weighted by Gasteiger charge is -2.09. The van der Waals surface area contributed by atoms with Gasteiger partial charge in [0.15, 0.2) is 11.5 Å². The Hall–Kier alpha value is -1.71. The number of carbonyl (C=O) groups is 1. The minimum atomic E-state index is -0.119. The summed E-state index contributed by atoms with van der Waals surface area (Å²) in [6.45, 7) is 2.25. The number of fused-ring (bicyclic) bond motifs is 1. The third kappa shape index (κ3) is 2.28. The molecule has 0 unspecified atom stereocenters. The van der Waals surface area contributed by atoms with Gasteiger partial charge in [-0.05, 0) is 43.0 Å². The molecule has 1 aliphatic carbocycles. The molecule has 1 aromatic carbocycles. The maximum atomic E-state index is 11.7. The van der Waals surface area contributed by atoms with Crippen LogP contribution in [0.1, 0.15) is 18.1 Å². The number of rotatable bonds is 4. The molecule has 0 saturated carbocycles. The van der Waals surface area contributed by atoms with Gasteiger partial charge in [0, 0.05) is 0 Å². The zero-order valence-corrected chi connectivity index (χ0v) is 11.0. The normalized spacial score (nSPS) is 14.2. The second-order valence-corrected chi connectivity index (χ2v) is 4.33. The van der Waals surface area contributed by atoms with Gasteiger partial charge in [0.1, 0.15) is 0 Å². The van der Waals surface area contributed by atoms with Crippen LogP contribution in [0.3, 0.4) is 0 Å². The summed E-state index contributed by atoms with van der Waals surface area (Å²) in [6, 6.07) is 3.90. The molecule has 0 spiro atoms. The van der Waals surface area contributed by atoms with Crippen molar-refractivity contribution >= 4 is 5.97 Å². The van der Waals surface area contributed by atoms with Gasteiger partial charge in [0.05, 0.1) is 26.7 Å². The average molecular weight is 250 g/mol. The largest absolute Gasteiger partial charge is 0.493 e. The molecule has 1 aliphatic rings. The minimum Gasteiger partial charge on any atom is -0.493 e. The van der Waals surface area contributed by atoms with Gasteiger partial charge in [0.25, 0.3) is 0 Å². The quantitative estimate of drug-likeness (QED) is 0.766. The summed E-state index contributed by atoms with van der Waals surface area (Å²) >= 11 is 0. The van der Waals surface area contributed by atoms with Gasteiger partial charge in [-0.2, -0.15) is 0 Å². The molecule has 0 fully saturated rings. The van der Waals surface area contributed by atoms with Crippen molar-refractivity contribution in [2.75, 3.05) is 20.8 Å². The predicted molar refractivity (Wildman–Crippen MR) is 67.1 cm³/mol. The van der Waals surface area contributed by atoms with Crippen molar-refractivity contribution in [3.05, 3.63) is 23.3 Å². The van der Waals surface area contributed by atoms with Crippen LogP contribution in [0.5, 0.6) is 11.5 Å². The van der Waals surface area contributed by atoms with Gasteiger partial charge in [-0.25, -0.2) is 0 Å². The van der Waals surface area contributed by atoms with Crippen LogP contribution in [0.15, 0.2) is 12.1 Å². The monoisotopic (exact) mass is 250 g/mol. The van der Waals surface area contributed by atoms with Gasteiger partial charge in [-0.15, -0.1) is 0 Å². The van der Waals surface area contributed by atoms with E-state index in [0.717, 1.165) is 11.1 Å². The van der Waals surface area contributed by atoms with Crippen LogP contribution in [0, 0.1) is 5.92 Å². The van der Waals surface area contributed by atoms with Gasteiger partial charge in [-0.3, -0.25) is 4.79 Å². The Morgan fingerprint density at radius 2 is 1.67 bits per heavy atom. The van der Waals surface area contributed by atoms with E-state index in [1.54, 1.807) is 14.2 Å². The third-order valence-corrected chi connectivity index (χ3v) is 3.26. The Morgan fingerprint density at radius 3 is 2.06 bits per heavy atom. The Labute approximate surface area is 107 Å². The molecule has 2 rings (SSSR count). The third-order valence-electron chi connectivity index (χ3n) is 3.26. The zero-order chi connectivity index (χ0) is 13.1. The van der Waals surface area contributed by atoms with E-state index in [9.17, 15) is 4.79 Å². The molecule has 0 aromatic heterocycles. The van der Waals surface area contributed by atoms with E-state index < -0.39 is 0 Å². The van der Waals surface area contributed by atoms with Crippen LogP contribution in [0.4, 0.5) is 0 Å². The lowest BCUT2D eigenvalue weighted by atomic mass is 10.1. The summed E-state index contributed by atoms with van der Waals surface area (Å²) in [7, 11) is 3.23. The first-order valence-corrected chi connectivity index (χ1v) is 6.10. The molecule has 0 heterocycles. The molecule has 0 N–H and O–H groups in total. The lowest BCUT2D eigenvalue weighted by Crippen LogP contribution is -2.17. The molecule has 0 aliphatic heterocycles. The summed E-state index contributed by atoms with van der Waals surface area (Å²) in [4.78, 5) is 11.7. The first kappa shape index (κ1) is 12.7. The number of esters is 1. The van der Waals surface area contributed by atoms with Gasteiger partial charge >= 0.3 is 5.97 Å². The first-order chi connectivity index (χ1) is 8.69. The van der Waals surface area contributed by atoms with Crippen molar-refractivity contribution in [3.8, 4) is 11.5 Å². The summed E-state index contributed by atoms with van der Waals surface area (Å²) < 4.78 is 15.6. The van der Waals surface area contributed by atoms with Crippen LogP contribution in [0.25, 0.3) is 0 Å². The van der Waals surface area contributed by atoms with Crippen molar-refractivity contribution in [3.63, 3.8) is 0 Å². The highest BCUT2D eigenvalue weighted by Crippen LogP contribution is 2.36. The van der Waals surface area contributed by atoms with E-state index in [-0.39, 0.29) is 11.9 Å². The Kier molecular flexibility index (Phi) is 3.75. The second kappa shape index (κ2) is 5.29. The van der Waals surface area contributed by atoms with E-state index in [1.807, 2.05) is 19.1 Å². The highest BCUT2D eigenvalue weighted by molar-refractivity contribution is 5.75. The molecule has 0 atom stereocenters. The summed E-state index contributed by atoms with van der Waals surface area (Å²) in [5, 5.41) is 0. The predicted octanol–water partition coefficient (Wildman–Crippen LogP) is 1.98. The fourth-order valence-electron chi connectivity index (χ4n) is 2.37. The molecule has 0 saturated heterocycles. The number of methoxy groups -OCH3 is 2. The van der Waals surface area contributed by atoms with Crippen LogP contribution in [-0.2, 0) is 22.4 Å². The fourth-order valence-corrected chi connectivity index (χ4v) is 2.37. The van der Waals surface area contributed by atoms with E-state index in [0.29, 0.717) is 30.9 Å². The summed E-state index contributed by atoms with van der Waals surface area (Å²) in [6.07, 6.45) is 1.43. The highest BCUT2D eigenvalue weighted by atomic mass is 16.5. The Morgan fingerprint density at radius 1 is 1.17 bits per heavy atom. The molecular formula is C14H18O4. The lowest BCUT2D eigenvalue weighted by molar-refractivity contribution is -0.147. The summed E-state index contributed by atoms with van der Waals surface area (Å²) in [5.41, 5.74) is 2.29. The number of ether oxygens (including phenoxy) is 3. The molecule has 1 aromatic rings. The maximum absolute atomic E-state index is 11.7. The topological polar surface area (TPSA) is 44.8 Å². The minimum absolute atomic E-state index is 0.0724. The highest BCUT2D eigenvalue weighted by Gasteiger charge is 2.29. The van der Waals surface area contributed by atoms with Crippen molar-refractivity contribution in [2.24, 2.45) is 5.92 Å². The maximum Gasteiger partial charge on any atom is 0.309 e. The van der Waals surface area contributed by atoms with Gasteiger partial charge in [-0.1, -0.05) is 0 Å². The second-order valence-electron chi connectivity index (χ2n) is 4.33. The number of carbonyl (C=O) groups excluding carboxylic acids is 1. The molecule has 4 nitrogen and oxygen atoms in total. The molecule has 98 valence electrons. The molecule has 0 amide bonds. The van der Waals surface area contributed by atoms with Gasteiger partial charge in [0.2, 0.25) is 0 Å². The van der Waals surface area contributed by atoms with Crippen molar-refractivity contribution in [1.82, 2.24) is 0 Å². The number of hydrogen-bond acceptors (Lipinski definition) is 4. The summed E-state index contributed by atoms with van der Waals surface area (Å²) in [5.74, 6) is 1.23. The number of hydrogen-bond donors (Lipinski definition) is 0. The first-order valence-electron chi connectivity index (χ1n) is 6.10. The van der Waals surface area contributed by atoms with Crippen LogP contribution in [0.2, 0.25) is 0 Å². The van der Waals surface area contributed by atoms with Crippen LogP contribution >= 0.6 is 0 Å². The Bertz CT molecular complexity index is 420.